The average molecular weight is 297 g/mol. The van der Waals surface area contributed by atoms with Gasteiger partial charge in [0.25, 0.3) is 0 Å². The largest absolute Gasteiger partial charge is 0.393 e. The lowest BCUT2D eigenvalue weighted by Gasteiger charge is -2.24. The minimum atomic E-state index is -1.71. The second kappa shape index (κ2) is 4.58. The molecule has 0 bridgehead atoms. The molecule has 1 aliphatic heterocycles. The maximum absolute atomic E-state index is 14.4. The van der Waals surface area contributed by atoms with Crippen molar-refractivity contribution in [3.05, 3.63) is 17.7 Å². The lowest BCUT2D eigenvalue weighted by atomic mass is 9.98. The predicted octanol–water partition coefficient (Wildman–Crippen LogP) is -0.464. The second-order valence-corrected chi connectivity index (χ2v) is 5.36. The van der Waals surface area contributed by atoms with E-state index in [0.29, 0.717) is 17.2 Å². The van der Waals surface area contributed by atoms with Crippen LogP contribution in [0.2, 0.25) is 0 Å². The molecule has 3 heterocycles. The number of imidazole rings is 1. The van der Waals surface area contributed by atoms with Crippen molar-refractivity contribution >= 4 is 11.5 Å². The summed E-state index contributed by atoms with van der Waals surface area (Å²) in [5, 5.41) is 23.4. The molecule has 3 rings (SSSR count). The van der Waals surface area contributed by atoms with Gasteiger partial charge in [-0.15, -0.1) is 0 Å². The van der Waals surface area contributed by atoms with Crippen LogP contribution in [0.4, 0.5) is 10.2 Å². The fourth-order valence-corrected chi connectivity index (χ4v) is 2.51. The molecule has 2 aromatic rings. The minimum Gasteiger partial charge on any atom is -0.393 e. The maximum Gasteiger partial charge on any atom is 0.196 e. The Labute approximate surface area is 119 Å². The number of nitrogens with two attached hydrogens (primary N) is 1. The van der Waals surface area contributed by atoms with Gasteiger partial charge in [-0.05, 0) is 13.8 Å². The highest BCUT2D eigenvalue weighted by Gasteiger charge is 2.53. The van der Waals surface area contributed by atoms with E-state index < -0.39 is 30.6 Å². The molecule has 0 saturated carbocycles. The zero-order valence-corrected chi connectivity index (χ0v) is 11.6. The van der Waals surface area contributed by atoms with Gasteiger partial charge in [-0.3, -0.25) is 0 Å². The SMILES string of the molecule is Cc1nc(N)c2ncc([C@@H]3O[C@](C)(CO)[C@@H](O)[C@H]3F)n2n1. The van der Waals surface area contributed by atoms with Gasteiger partial charge in [0.05, 0.1) is 18.5 Å². The molecule has 1 aliphatic rings. The van der Waals surface area contributed by atoms with Crippen LogP contribution in [-0.2, 0) is 4.74 Å². The molecule has 2 aromatic heterocycles. The Morgan fingerprint density at radius 1 is 1.57 bits per heavy atom. The van der Waals surface area contributed by atoms with Gasteiger partial charge in [-0.1, -0.05) is 0 Å². The fraction of sp³-hybridized carbons (Fsp3) is 0.583. The van der Waals surface area contributed by atoms with Crippen molar-refractivity contribution in [2.24, 2.45) is 0 Å². The lowest BCUT2D eigenvalue weighted by Crippen LogP contribution is -2.42. The zero-order chi connectivity index (χ0) is 15.4. The monoisotopic (exact) mass is 297 g/mol. The van der Waals surface area contributed by atoms with E-state index in [1.165, 1.54) is 17.6 Å². The Morgan fingerprint density at radius 2 is 2.29 bits per heavy atom. The summed E-state index contributed by atoms with van der Waals surface area (Å²) in [6.07, 6.45) is -2.87. The molecule has 0 amide bonds. The molecule has 21 heavy (non-hydrogen) atoms. The Hall–Kier alpha value is -1.84. The van der Waals surface area contributed by atoms with E-state index in [9.17, 15) is 14.6 Å². The highest BCUT2D eigenvalue weighted by molar-refractivity contribution is 5.59. The highest BCUT2D eigenvalue weighted by Crippen LogP contribution is 2.41. The number of aryl methyl sites for hydroxylation is 1. The summed E-state index contributed by atoms with van der Waals surface area (Å²) >= 11 is 0. The number of rotatable bonds is 2. The second-order valence-electron chi connectivity index (χ2n) is 5.36. The number of aromatic nitrogens is 4. The third kappa shape index (κ3) is 1.96. The van der Waals surface area contributed by atoms with Gasteiger partial charge in [0.2, 0.25) is 0 Å². The molecule has 1 fully saturated rings. The molecule has 4 atom stereocenters. The summed E-state index contributed by atoms with van der Waals surface area (Å²) in [5.41, 5.74) is 4.98. The van der Waals surface area contributed by atoms with Crippen molar-refractivity contribution in [1.82, 2.24) is 19.6 Å². The van der Waals surface area contributed by atoms with Crippen molar-refractivity contribution < 1.29 is 19.3 Å². The van der Waals surface area contributed by atoms with Gasteiger partial charge in [0, 0.05) is 0 Å². The summed E-state index contributed by atoms with van der Waals surface area (Å²) in [6.45, 7) is 2.59. The first-order valence-corrected chi connectivity index (χ1v) is 6.46. The highest BCUT2D eigenvalue weighted by atomic mass is 19.1. The van der Waals surface area contributed by atoms with Crippen molar-refractivity contribution in [2.75, 3.05) is 12.3 Å². The van der Waals surface area contributed by atoms with E-state index in [-0.39, 0.29) is 5.82 Å². The first kappa shape index (κ1) is 14.1. The normalized spacial score (nSPS) is 32.9. The molecular weight excluding hydrogens is 281 g/mol. The van der Waals surface area contributed by atoms with Gasteiger partial charge in [0.1, 0.15) is 23.6 Å². The number of halogens is 1. The smallest absolute Gasteiger partial charge is 0.196 e. The summed E-state index contributed by atoms with van der Waals surface area (Å²) in [4.78, 5) is 8.04. The standard InChI is InChI=1S/C12H16FN5O3/c1-5-16-10(14)11-15-3-6(18(11)17-5)8-7(13)9(20)12(2,4-19)21-8/h3,7-9,19-20H,4H2,1-2H3,(H2,14,16,17)/t7-,8-,9-,12+/m0/s1. The van der Waals surface area contributed by atoms with Crippen molar-refractivity contribution in [1.29, 1.82) is 0 Å². The Bertz CT molecular complexity index is 693. The maximum atomic E-state index is 14.4. The van der Waals surface area contributed by atoms with Gasteiger partial charge >= 0.3 is 0 Å². The minimum absolute atomic E-state index is 0.174. The number of nitrogens with zero attached hydrogens (tertiary/aromatic N) is 4. The summed E-state index contributed by atoms with van der Waals surface area (Å²) in [7, 11) is 0. The molecular formula is C12H16FN5O3. The van der Waals surface area contributed by atoms with Crippen LogP contribution in [0.1, 0.15) is 24.5 Å². The first-order valence-electron chi connectivity index (χ1n) is 6.46. The zero-order valence-electron chi connectivity index (χ0n) is 11.6. The topological polar surface area (TPSA) is 119 Å². The quantitative estimate of drug-likeness (QED) is 0.686. The van der Waals surface area contributed by atoms with Crippen molar-refractivity contribution in [2.45, 2.75) is 37.8 Å². The number of ether oxygens (including phenoxy) is 1. The lowest BCUT2D eigenvalue weighted by molar-refractivity contribution is -0.100. The Morgan fingerprint density at radius 3 is 2.90 bits per heavy atom. The fourth-order valence-electron chi connectivity index (χ4n) is 2.51. The number of hydrogen-bond acceptors (Lipinski definition) is 7. The molecule has 4 N–H and O–H groups in total. The third-order valence-electron chi connectivity index (χ3n) is 3.74. The molecule has 0 radical (unpaired) electrons. The van der Waals surface area contributed by atoms with Crippen molar-refractivity contribution in [3.8, 4) is 0 Å². The van der Waals surface area contributed by atoms with E-state index in [2.05, 4.69) is 15.1 Å². The predicted molar refractivity (Wildman–Crippen MR) is 70.2 cm³/mol. The number of anilines is 1. The van der Waals surface area contributed by atoms with E-state index in [1.807, 2.05) is 0 Å². The number of alkyl halides is 1. The molecule has 1 saturated heterocycles. The molecule has 0 aromatic carbocycles. The Balaban J connectivity index is 2.10. The number of fused-ring (bicyclic) bond motifs is 1. The Kier molecular flexibility index (Phi) is 3.08. The number of aliphatic hydroxyl groups is 2. The van der Waals surface area contributed by atoms with Crippen LogP contribution in [0.15, 0.2) is 6.20 Å². The van der Waals surface area contributed by atoms with E-state index in [4.69, 9.17) is 10.5 Å². The molecule has 0 aliphatic carbocycles. The molecule has 0 spiro atoms. The van der Waals surface area contributed by atoms with Crippen LogP contribution >= 0.6 is 0 Å². The molecule has 9 heteroatoms. The summed E-state index contributed by atoms with van der Waals surface area (Å²) in [6, 6.07) is 0. The van der Waals surface area contributed by atoms with Crippen LogP contribution in [0.5, 0.6) is 0 Å². The van der Waals surface area contributed by atoms with Crippen LogP contribution < -0.4 is 5.73 Å². The molecule has 0 unspecified atom stereocenters. The number of aliphatic hydroxyl groups excluding tert-OH is 2. The molecule has 114 valence electrons. The van der Waals surface area contributed by atoms with Gasteiger partial charge < -0.3 is 20.7 Å². The first-order chi connectivity index (χ1) is 9.87. The number of nitrogen functional groups attached to an aromatic ring is 1. The van der Waals surface area contributed by atoms with E-state index in [1.54, 1.807) is 6.92 Å². The third-order valence-corrected chi connectivity index (χ3v) is 3.74. The average Bonchev–Trinajstić information content (AvgIpc) is 2.95. The van der Waals surface area contributed by atoms with E-state index >= 15 is 0 Å². The summed E-state index contributed by atoms with van der Waals surface area (Å²) < 4.78 is 21.2. The number of hydrogen-bond donors (Lipinski definition) is 3. The van der Waals surface area contributed by atoms with Crippen LogP contribution in [0.3, 0.4) is 0 Å². The van der Waals surface area contributed by atoms with Gasteiger partial charge in [0.15, 0.2) is 17.6 Å². The van der Waals surface area contributed by atoms with Crippen LogP contribution in [0, 0.1) is 6.92 Å². The van der Waals surface area contributed by atoms with Crippen LogP contribution in [-0.4, -0.2) is 54.3 Å². The van der Waals surface area contributed by atoms with Crippen molar-refractivity contribution in [3.63, 3.8) is 0 Å². The van der Waals surface area contributed by atoms with E-state index in [0.717, 1.165) is 0 Å². The van der Waals surface area contributed by atoms with Crippen LogP contribution in [0.25, 0.3) is 5.65 Å². The van der Waals surface area contributed by atoms with Gasteiger partial charge in [-0.25, -0.2) is 18.9 Å². The molecule has 8 nitrogen and oxygen atoms in total. The summed E-state index contributed by atoms with van der Waals surface area (Å²) in [5.74, 6) is 0.575. The van der Waals surface area contributed by atoms with Gasteiger partial charge in [-0.2, -0.15) is 5.10 Å².